The minimum Gasteiger partial charge on any atom is -0.461 e. The molecule has 154 valence electrons. The maximum absolute atomic E-state index is 12.0. The number of carbonyl (C=O) groups excluding carboxylic acids is 3. The van der Waals surface area contributed by atoms with E-state index in [0.717, 1.165) is 11.1 Å². The van der Waals surface area contributed by atoms with E-state index in [1.54, 1.807) is 19.9 Å². The van der Waals surface area contributed by atoms with Crippen LogP contribution in [0, 0.1) is 11.8 Å². The Hall–Kier alpha value is -2.41. The SMILES string of the molecule is C=C1C(=O)OC2/C=C(\COC(C)=O)CC/C=C(/COC(=O)C(C)C)CC(O)C12. The summed E-state index contributed by atoms with van der Waals surface area (Å²) >= 11 is 0. The number of rotatable bonds is 5. The molecule has 2 rings (SSSR count). The molecule has 0 amide bonds. The lowest BCUT2D eigenvalue weighted by atomic mass is 9.85. The minimum absolute atomic E-state index is 0.0791. The Morgan fingerprint density at radius 3 is 2.61 bits per heavy atom. The maximum atomic E-state index is 12.0. The van der Waals surface area contributed by atoms with Gasteiger partial charge in [0.15, 0.2) is 0 Å². The molecule has 1 N–H and O–H groups in total. The van der Waals surface area contributed by atoms with Crippen LogP contribution >= 0.6 is 0 Å². The van der Waals surface area contributed by atoms with Gasteiger partial charge in [0.05, 0.1) is 17.9 Å². The van der Waals surface area contributed by atoms with Gasteiger partial charge in [0.2, 0.25) is 0 Å². The monoisotopic (exact) mass is 392 g/mol. The number of carbonyl (C=O) groups is 3. The highest BCUT2D eigenvalue weighted by Crippen LogP contribution is 2.34. The lowest BCUT2D eigenvalue weighted by Gasteiger charge is -2.24. The van der Waals surface area contributed by atoms with Gasteiger partial charge in [-0.3, -0.25) is 9.59 Å². The largest absolute Gasteiger partial charge is 0.461 e. The highest BCUT2D eigenvalue weighted by Gasteiger charge is 2.42. The highest BCUT2D eigenvalue weighted by molar-refractivity contribution is 5.91. The van der Waals surface area contributed by atoms with Gasteiger partial charge in [0.25, 0.3) is 0 Å². The Morgan fingerprint density at radius 1 is 1.29 bits per heavy atom. The second-order valence-corrected chi connectivity index (χ2v) is 7.46. The molecule has 1 saturated heterocycles. The van der Waals surface area contributed by atoms with E-state index < -0.39 is 30.1 Å². The van der Waals surface area contributed by atoms with Gasteiger partial charge in [-0.05, 0) is 36.5 Å². The van der Waals surface area contributed by atoms with Gasteiger partial charge in [0, 0.05) is 12.5 Å². The first-order chi connectivity index (χ1) is 13.2. The molecule has 7 heteroatoms. The molecule has 28 heavy (non-hydrogen) atoms. The van der Waals surface area contributed by atoms with E-state index in [1.807, 2.05) is 6.08 Å². The van der Waals surface area contributed by atoms with E-state index in [-0.39, 0.29) is 37.1 Å². The number of allylic oxidation sites excluding steroid dienone is 1. The lowest BCUT2D eigenvalue weighted by molar-refractivity contribution is -0.146. The van der Waals surface area contributed by atoms with Crippen LogP contribution in [0.4, 0.5) is 0 Å². The second-order valence-electron chi connectivity index (χ2n) is 7.46. The molecule has 3 atom stereocenters. The van der Waals surface area contributed by atoms with Gasteiger partial charge in [-0.1, -0.05) is 26.5 Å². The Labute approximate surface area is 165 Å². The van der Waals surface area contributed by atoms with Crippen molar-refractivity contribution in [1.82, 2.24) is 0 Å². The molecule has 1 heterocycles. The predicted molar refractivity (Wildman–Crippen MR) is 101 cm³/mol. The van der Waals surface area contributed by atoms with Crippen molar-refractivity contribution in [3.63, 3.8) is 0 Å². The molecule has 1 aliphatic heterocycles. The molecule has 1 fully saturated rings. The summed E-state index contributed by atoms with van der Waals surface area (Å²) in [5.41, 5.74) is 1.76. The van der Waals surface area contributed by atoms with Crippen molar-refractivity contribution in [3.05, 3.63) is 35.5 Å². The summed E-state index contributed by atoms with van der Waals surface area (Å²) in [6.07, 6.45) is 3.51. The molecule has 0 saturated carbocycles. The summed E-state index contributed by atoms with van der Waals surface area (Å²) in [6.45, 7) is 8.76. The van der Waals surface area contributed by atoms with Crippen LogP contribution in [-0.2, 0) is 28.6 Å². The van der Waals surface area contributed by atoms with E-state index in [0.29, 0.717) is 12.8 Å². The summed E-state index contributed by atoms with van der Waals surface area (Å²) in [4.78, 5) is 34.9. The van der Waals surface area contributed by atoms with Crippen molar-refractivity contribution in [1.29, 1.82) is 0 Å². The molecular weight excluding hydrogens is 364 g/mol. The number of aliphatic hydroxyl groups excluding tert-OH is 1. The van der Waals surface area contributed by atoms with E-state index in [1.165, 1.54) is 6.92 Å². The molecule has 7 nitrogen and oxygen atoms in total. The number of hydrogen-bond acceptors (Lipinski definition) is 7. The number of hydrogen-bond donors (Lipinski definition) is 1. The zero-order valence-electron chi connectivity index (χ0n) is 16.6. The standard InChI is InChI=1S/C21H28O7/c1-12(2)20(24)27-11-15-6-5-7-16(10-26-14(4)22)9-18-19(17(23)8-15)13(3)21(25)28-18/h6,9,12,17-19,23H,3,5,7-8,10-11H2,1-2,4H3/b15-6+,16-9-. The van der Waals surface area contributed by atoms with Crippen LogP contribution in [0.2, 0.25) is 0 Å². The third kappa shape index (κ3) is 5.79. The fraction of sp³-hybridized carbons (Fsp3) is 0.571. The third-order valence-corrected chi connectivity index (χ3v) is 4.78. The van der Waals surface area contributed by atoms with Crippen LogP contribution in [0.1, 0.15) is 40.0 Å². The first-order valence-corrected chi connectivity index (χ1v) is 9.44. The molecule has 0 spiro atoms. The molecule has 0 bridgehead atoms. The zero-order chi connectivity index (χ0) is 20.8. The fourth-order valence-electron chi connectivity index (χ4n) is 3.22. The Balaban J connectivity index is 2.23. The van der Waals surface area contributed by atoms with Crippen LogP contribution in [-0.4, -0.2) is 48.4 Å². The molecular formula is C21H28O7. The summed E-state index contributed by atoms with van der Waals surface area (Å²) in [6, 6.07) is 0. The van der Waals surface area contributed by atoms with Crippen molar-refractivity contribution in [2.24, 2.45) is 11.8 Å². The van der Waals surface area contributed by atoms with Crippen LogP contribution < -0.4 is 0 Å². The van der Waals surface area contributed by atoms with Gasteiger partial charge in [-0.15, -0.1) is 0 Å². The molecule has 0 aromatic carbocycles. The van der Waals surface area contributed by atoms with Crippen molar-refractivity contribution < 1.29 is 33.7 Å². The molecule has 3 unspecified atom stereocenters. The van der Waals surface area contributed by atoms with E-state index in [2.05, 4.69) is 6.58 Å². The van der Waals surface area contributed by atoms with Gasteiger partial charge in [0.1, 0.15) is 19.3 Å². The Morgan fingerprint density at radius 2 is 1.96 bits per heavy atom. The van der Waals surface area contributed by atoms with Crippen LogP contribution in [0.5, 0.6) is 0 Å². The maximum Gasteiger partial charge on any atom is 0.334 e. The van der Waals surface area contributed by atoms with Gasteiger partial charge in [-0.25, -0.2) is 4.79 Å². The lowest BCUT2D eigenvalue weighted by Crippen LogP contribution is -2.30. The van der Waals surface area contributed by atoms with Gasteiger partial charge in [-0.2, -0.15) is 0 Å². The van der Waals surface area contributed by atoms with Crippen molar-refractivity contribution in [3.8, 4) is 0 Å². The van der Waals surface area contributed by atoms with Crippen molar-refractivity contribution >= 4 is 17.9 Å². The summed E-state index contributed by atoms with van der Waals surface area (Å²) in [5.74, 6) is -2.12. The average molecular weight is 392 g/mol. The number of esters is 3. The summed E-state index contributed by atoms with van der Waals surface area (Å²) < 4.78 is 15.8. The van der Waals surface area contributed by atoms with Crippen molar-refractivity contribution in [2.75, 3.05) is 13.2 Å². The normalized spacial score (nSPS) is 29.1. The minimum atomic E-state index is -0.919. The Bertz CT molecular complexity index is 702. The molecule has 0 aromatic rings. The van der Waals surface area contributed by atoms with Gasteiger partial charge >= 0.3 is 17.9 Å². The molecule has 0 aromatic heterocycles. The summed E-state index contributed by atoms with van der Waals surface area (Å²) in [5, 5.41) is 10.7. The van der Waals surface area contributed by atoms with Crippen LogP contribution in [0.15, 0.2) is 35.5 Å². The number of ether oxygens (including phenoxy) is 3. The van der Waals surface area contributed by atoms with Crippen molar-refractivity contribution in [2.45, 2.75) is 52.2 Å². The first kappa shape index (κ1) is 21.9. The number of fused-ring (bicyclic) bond motifs is 1. The average Bonchev–Trinajstić information content (AvgIpc) is 2.90. The van der Waals surface area contributed by atoms with Crippen LogP contribution in [0.3, 0.4) is 0 Å². The second kappa shape index (κ2) is 9.68. The Kier molecular flexibility index (Phi) is 7.57. The third-order valence-electron chi connectivity index (χ3n) is 4.78. The first-order valence-electron chi connectivity index (χ1n) is 9.44. The predicted octanol–water partition coefficient (Wildman–Crippen LogP) is 2.24. The topological polar surface area (TPSA) is 99.1 Å². The van der Waals surface area contributed by atoms with E-state index in [9.17, 15) is 19.5 Å². The molecule has 2 aliphatic rings. The van der Waals surface area contributed by atoms with E-state index >= 15 is 0 Å². The smallest absolute Gasteiger partial charge is 0.334 e. The molecule has 1 aliphatic carbocycles. The fourth-order valence-corrected chi connectivity index (χ4v) is 3.22. The van der Waals surface area contributed by atoms with E-state index in [4.69, 9.17) is 14.2 Å². The quantitative estimate of drug-likeness (QED) is 0.331. The zero-order valence-corrected chi connectivity index (χ0v) is 16.6. The highest BCUT2D eigenvalue weighted by atomic mass is 16.6. The van der Waals surface area contributed by atoms with Gasteiger partial charge < -0.3 is 19.3 Å². The summed E-state index contributed by atoms with van der Waals surface area (Å²) in [7, 11) is 0. The molecule has 0 radical (unpaired) electrons. The number of aliphatic hydroxyl groups is 1. The van der Waals surface area contributed by atoms with Crippen LogP contribution in [0.25, 0.3) is 0 Å².